The summed E-state index contributed by atoms with van der Waals surface area (Å²) in [5.74, 6) is 2.11. The molecule has 1 saturated heterocycles. The predicted octanol–water partition coefficient (Wildman–Crippen LogP) is 2.16. The van der Waals surface area contributed by atoms with E-state index in [0.717, 1.165) is 25.3 Å². The maximum Gasteiger partial charge on any atom is 0.254 e. The smallest absolute Gasteiger partial charge is 0.254 e. The molecule has 25 heavy (non-hydrogen) atoms. The minimum Gasteiger partial charge on any atom is -0.497 e. The fourth-order valence-electron chi connectivity index (χ4n) is 2.99. The molecule has 0 bridgehead atoms. The molecule has 0 spiro atoms. The molecular formula is C18H24N4O3. The molecule has 1 aliphatic rings. The van der Waals surface area contributed by atoms with E-state index in [0.29, 0.717) is 30.3 Å². The van der Waals surface area contributed by atoms with E-state index < -0.39 is 0 Å². The van der Waals surface area contributed by atoms with E-state index >= 15 is 0 Å². The molecule has 7 nitrogen and oxygen atoms in total. The lowest BCUT2D eigenvalue weighted by atomic mass is 10.1. The minimum atomic E-state index is 0.0391. The van der Waals surface area contributed by atoms with Crippen molar-refractivity contribution in [3.8, 4) is 5.75 Å². The van der Waals surface area contributed by atoms with Gasteiger partial charge in [0.15, 0.2) is 5.82 Å². The Labute approximate surface area is 147 Å². The molecule has 7 heteroatoms. The summed E-state index contributed by atoms with van der Waals surface area (Å²) in [7, 11) is 1.60. The summed E-state index contributed by atoms with van der Waals surface area (Å²) >= 11 is 0. The number of nitrogens with zero attached hydrogens (tertiary/aromatic N) is 4. The fourth-order valence-corrected chi connectivity index (χ4v) is 2.99. The van der Waals surface area contributed by atoms with Crippen LogP contribution in [-0.2, 0) is 6.42 Å². The van der Waals surface area contributed by atoms with Gasteiger partial charge in [-0.15, -0.1) is 0 Å². The topological polar surface area (TPSA) is 71.7 Å². The molecule has 2 heterocycles. The van der Waals surface area contributed by atoms with Crippen LogP contribution in [0.15, 0.2) is 28.8 Å². The summed E-state index contributed by atoms with van der Waals surface area (Å²) in [6.07, 6.45) is 0.763. The zero-order valence-corrected chi connectivity index (χ0v) is 14.9. The predicted molar refractivity (Wildman–Crippen MR) is 92.6 cm³/mol. The van der Waals surface area contributed by atoms with Crippen molar-refractivity contribution in [1.82, 2.24) is 19.9 Å². The fraction of sp³-hybridized carbons (Fsp3) is 0.500. The van der Waals surface area contributed by atoms with E-state index in [1.165, 1.54) is 0 Å². The van der Waals surface area contributed by atoms with E-state index in [2.05, 4.69) is 22.0 Å². The number of methoxy groups -OCH3 is 1. The SMILES string of the molecule is CCc1noc([C@H](C)N2CCN(C(=O)c3cccc(OC)c3)CC2)n1. The molecule has 1 atom stereocenters. The summed E-state index contributed by atoms with van der Waals surface area (Å²) in [5, 5.41) is 3.96. The molecule has 0 N–H and O–H groups in total. The second-order valence-electron chi connectivity index (χ2n) is 6.14. The second kappa shape index (κ2) is 7.65. The van der Waals surface area contributed by atoms with Crippen LogP contribution in [0.5, 0.6) is 5.75 Å². The lowest BCUT2D eigenvalue weighted by molar-refractivity contribution is 0.0551. The van der Waals surface area contributed by atoms with Crippen molar-refractivity contribution >= 4 is 5.91 Å². The summed E-state index contributed by atoms with van der Waals surface area (Å²) in [6, 6.07) is 7.34. The lowest BCUT2D eigenvalue weighted by Crippen LogP contribution is -2.49. The molecule has 1 fully saturated rings. The third kappa shape index (κ3) is 3.82. The number of rotatable bonds is 5. The Bertz CT molecular complexity index is 723. The molecule has 1 aromatic heterocycles. The number of piperazine rings is 1. The van der Waals surface area contributed by atoms with E-state index in [1.54, 1.807) is 13.2 Å². The van der Waals surface area contributed by atoms with Crippen LogP contribution in [0, 0.1) is 0 Å². The van der Waals surface area contributed by atoms with Crippen LogP contribution in [0.2, 0.25) is 0 Å². The van der Waals surface area contributed by atoms with Crippen LogP contribution >= 0.6 is 0 Å². The molecule has 134 valence electrons. The first kappa shape index (κ1) is 17.4. The Balaban J connectivity index is 1.60. The molecule has 0 unspecified atom stereocenters. The molecule has 0 aliphatic carbocycles. The zero-order valence-electron chi connectivity index (χ0n) is 14.9. The molecule has 0 saturated carbocycles. The summed E-state index contributed by atoms with van der Waals surface area (Å²) in [5.41, 5.74) is 0.658. The van der Waals surface area contributed by atoms with Gasteiger partial charge in [-0.05, 0) is 25.1 Å². The number of aryl methyl sites for hydroxylation is 1. The first-order valence-corrected chi connectivity index (χ1v) is 8.62. The van der Waals surface area contributed by atoms with Gasteiger partial charge in [0.2, 0.25) is 5.89 Å². The van der Waals surface area contributed by atoms with Crippen molar-refractivity contribution in [2.75, 3.05) is 33.3 Å². The molecule has 1 aliphatic heterocycles. The summed E-state index contributed by atoms with van der Waals surface area (Å²) in [4.78, 5) is 21.2. The third-order valence-electron chi connectivity index (χ3n) is 4.62. The van der Waals surface area contributed by atoms with Gasteiger partial charge in [-0.2, -0.15) is 4.98 Å². The highest BCUT2D eigenvalue weighted by atomic mass is 16.5. The number of carbonyl (C=O) groups excluding carboxylic acids is 1. The number of ether oxygens (including phenoxy) is 1. The molecule has 0 radical (unpaired) electrons. The maximum absolute atomic E-state index is 12.7. The third-order valence-corrected chi connectivity index (χ3v) is 4.62. The standard InChI is InChI=1S/C18H24N4O3/c1-4-16-19-17(25-20-16)13(2)21-8-10-22(11-9-21)18(23)14-6-5-7-15(12-14)24-3/h5-7,12-13H,4,8-11H2,1-3H3/t13-/m0/s1. The van der Waals surface area contributed by atoms with Gasteiger partial charge in [0.1, 0.15) is 5.75 Å². The van der Waals surface area contributed by atoms with Gasteiger partial charge >= 0.3 is 0 Å². The Kier molecular flexibility index (Phi) is 5.33. The molecule has 3 rings (SSSR count). The minimum absolute atomic E-state index is 0.0391. The van der Waals surface area contributed by atoms with Crippen LogP contribution in [0.1, 0.15) is 42.0 Å². The van der Waals surface area contributed by atoms with Crippen molar-refractivity contribution in [1.29, 1.82) is 0 Å². The Morgan fingerprint density at radius 3 is 2.72 bits per heavy atom. The van der Waals surface area contributed by atoms with Crippen LogP contribution in [0.4, 0.5) is 0 Å². The van der Waals surface area contributed by atoms with Crippen molar-refractivity contribution in [3.63, 3.8) is 0 Å². The first-order valence-electron chi connectivity index (χ1n) is 8.62. The summed E-state index contributed by atoms with van der Waals surface area (Å²) < 4.78 is 10.5. The lowest BCUT2D eigenvalue weighted by Gasteiger charge is -2.36. The maximum atomic E-state index is 12.7. The van der Waals surface area contributed by atoms with E-state index in [1.807, 2.05) is 30.0 Å². The Hall–Kier alpha value is -2.41. The van der Waals surface area contributed by atoms with Crippen LogP contribution < -0.4 is 4.74 Å². The van der Waals surface area contributed by atoms with Gasteiger partial charge in [0, 0.05) is 38.2 Å². The van der Waals surface area contributed by atoms with Gasteiger partial charge in [-0.25, -0.2) is 0 Å². The van der Waals surface area contributed by atoms with E-state index in [9.17, 15) is 4.79 Å². The average molecular weight is 344 g/mol. The highest BCUT2D eigenvalue weighted by Crippen LogP contribution is 2.21. The van der Waals surface area contributed by atoms with E-state index in [-0.39, 0.29) is 11.9 Å². The van der Waals surface area contributed by atoms with Crippen molar-refractivity contribution in [2.45, 2.75) is 26.3 Å². The van der Waals surface area contributed by atoms with Gasteiger partial charge in [0.05, 0.1) is 13.2 Å². The first-order chi connectivity index (χ1) is 12.1. The number of aromatic nitrogens is 2. The number of amides is 1. The zero-order chi connectivity index (χ0) is 17.8. The second-order valence-corrected chi connectivity index (χ2v) is 6.14. The van der Waals surface area contributed by atoms with Gasteiger partial charge in [0.25, 0.3) is 5.91 Å². The van der Waals surface area contributed by atoms with Gasteiger partial charge in [-0.1, -0.05) is 18.1 Å². The largest absolute Gasteiger partial charge is 0.497 e. The molecule has 1 amide bonds. The number of hydrogen-bond acceptors (Lipinski definition) is 6. The quantitative estimate of drug-likeness (QED) is 0.828. The highest BCUT2D eigenvalue weighted by Gasteiger charge is 2.28. The number of carbonyl (C=O) groups is 1. The van der Waals surface area contributed by atoms with Gasteiger partial charge < -0.3 is 14.2 Å². The molecule has 2 aromatic rings. The monoisotopic (exact) mass is 344 g/mol. The number of benzene rings is 1. The molecule has 1 aromatic carbocycles. The van der Waals surface area contributed by atoms with Crippen molar-refractivity contribution in [2.24, 2.45) is 0 Å². The highest BCUT2D eigenvalue weighted by molar-refractivity contribution is 5.94. The van der Waals surface area contributed by atoms with Crippen LogP contribution in [-0.4, -0.2) is 59.1 Å². The van der Waals surface area contributed by atoms with Crippen molar-refractivity contribution in [3.05, 3.63) is 41.5 Å². The molecular weight excluding hydrogens is 320 g/mol. The Morgan fingerprint density at radius 1 is 1.32 bits per heavy atom. The van der Waals surface area contributed by atoms with Crippen LogP contribution in [0.25, 0.3) is 0 Å². The van der Waals surface area contributed by atoms with Crippen molar-refractivity contribution < 1.29 is 14.1 Å². The van der Waals surface area contributed by atoms with E-state index in [4.69, 9.17) is 9.26 Å². The van der Waals surface area contributed by atoms with Crippen LogP contribution in [0.3, 0.4) is 0 Å². The number of hydrogen-bond donors (Lipinski definition) is 0. The normalized spacial score (nSPS) is 16.7. The van der Waals surface area contributed by atoms with Gasteiger partial charge in [-0.3, -0.25) is 9.69 Å². The summed E-state index contributed by atoms with van der Waals surface area (Å²) in [6.45, 7) is 6.97. The average Bonchev–Trinajstić information content (AvgIpc) is 3.16. The Morgan fingerprint density at radius 2 is 2.08 bits per heavy atom.